The summed E-state index contributed by atoms with van der Waals surface area (Å²) in [5.41, 5.74) is 2.06. The van der Waals surface area contributed by atoms with Crippen molar-refractivity contribution in [3.05, 3.63) is 71.5 Å². The lowest BCUT2D eigenvalue weighted by atomic mass is 9.96. The Hall–Kier alpha value is -2.20. The molecule has 1 amide bonds. The minimum Gasteiger partial charge on any atom is -0.348 e. The lowest BCUT2D eigenvalue weighted by Gasteiger charge is -2.23. The normalized spacial score (nSPS) is 13.5. The molecule has 0 aliphatic heterocycles. The monoisotopic (exact) mass is 328 g/mol. The summed E-state index contributed by atoms with van der Waals surface area (Å²) < 4.78 is 13.1. The molecule has 2 N–H and O–H groups in total. The number of carbonyl (C=O) groups excluding carboxylic acids is 1. The third-order valence-electron chi connectivity index (χ3n) is 4.06. The van der Waals surface area contributed by atoms with E-state index in [-0.39, 0.29) is 36.3 Å². The van der Waals surface area contributed by atoms with E-state index in [9.17, 15) is 9.18 Å². The Morgan fingerprint density at radius 1 is 0.958 bits per heavy atom. The molecule has 2 atom stereocenters. The fourth-order valence-electron chi connectivity index (χ4n) is 2.73. The van der Waals surface area contributed by atoms with Gasteiger partial charge in [-0.05, 0) is 36.1 Å². The smallest absolute Gasteiger partial charge is 0.234 e. The second kappa shape index (κ2) is 8.60. The number of rotatable bonds is 7. The Labute approximate surface area is 143 Å². The number of hydrogen-bond acceptors (Lipinski definition) is 2. The van der Waals surface area contributed by atoms with Gasteiger partial charge in [0.25, 0.3) is 0 Å². The van der Waals surface area contributed by atoms with Crippen LogP contribution in [0.5, 0.6) is 0 Å². The maximum absolute atomic E-state index is 13.1. The summed E-state index contributed by atoms with van der Waals surface area (Å²) in [7, 11) is 0. The van der Waals surface area contributed by atoms with Gasteiger partial charge in [-0.3, -0.25) is 4.79 Å². The molecule has 0 saturated carbocycles. The van der Waals surface area contributed by atoms with Crippen LogP contribution in [0.2, 0.25) is 0 Å². The van der Waals surface area contributed by atoms with Gasteiger partial charge in [-0.15, -0.1) is 0 Å². The summed E-state index contributed by atoms with van der Waals surface area (Å²) in [5.74, 6) is -0.0235. The highest BCUT2D eigenvalue weighted by atomic mass is 19.1. The highest BCUT2D eigenvalue weighted by Gasteiger charge is 2.17. The molecule has 0 spiro atoms. The average Bonchev–Trinajstić information content (AvgIpc) is 2.57. The topological polar surface area (TPSA) is 41.1 Å². The fourth-order valence-corrected chi connectivity index (χ4v) is 2.73. The van der Waals surface area contributed by atoms with E-state index in [0.717, 1.165) is 11.1 Å². The third-order valence-corrected chi connectivity index (χ3v) is 4.06. The summed E-state index contributed by atoms with van der Waals surface area (Å²) in [5, 5.41) is 6.27. The van der Waals surface area contributed by atoms with E-state index in [2.05, 4.69) is 24.5 Å². The van der Waals surface area contributed by atoms with Crippen molar-refractivity contribution in [3.8, 4) is 0 Å². The molecular formula is C20H25FN2O. The first-order chi connectivity index (χ1) is 11.5. The first-order valence-corrected chi connectivity index (χ1v) is 8.30. The van der Waals surface area contributed by atoms with Crippen LogP contribution in [0.25, 0.3) is 0 Å². The van der Waals surface area contributed by atoms with Gasteiger partial charge in [0.2, 0.25) is 5.91 Å². The van der Waals surface area contributed by atoms with Crippen LogP contribution in [0.15, 0.2) is 54.6 Å². The lowest BCUT2D eigenvalue weighted by molar-refractivity contribution is -0.121. The highest BCUT2D eigenvalue weighted by molar-refractivity contribution is 5.78. The van der Waals surface area contributed by atoms with Crippen LogP contribution < -0.4 is 10.6 Å². The molecule has 0 aliphatic carbocycles. The molecule has 0 radical (unpaired) electrons. The number of halogens is 1. The Balaban J connectivity index is 1.92. The number of nitrogens with one attached hydrogen (secondary N) is 2. The Kier molecular flexibility index (Phi) is 6.50. The standard InChI is InChI=1S/C20H25FN2O/c1-14(2)20(17-9-11-18(21)12-10-17)22-13-19(24)23-15(3)16-7-5-4-6-8-16/h4-12,14-15,20,22H,13H2,1-3H3,(H,23,24)/t15-,20+/m0/s1. The fraction of sp³-hybridized carbons (Fsp3) is 0.350. The van der Waals surface area contributed by atoms with Gasteiger partial charge < -0.3 is 10.6 Å². The van der Waals surface area contributed by atoms with Crippen molar-refractivity contribution in [3.63, 3.8) is 0 Å². The quantitative estimate of drug-likeness (QED) is 0.807. The molecule has 0 heterocycles. The molecule has 0 saturated heterocycles. The van der Waals surface area contributed by atoms with Crippen molar-refractivity contribution >= 4 is 5.91 Å². The predicted molar refractivity (Wildman–Crippen MR) is 95.0 cm³/mol. The zero-order valence-corrected chi connectivity index (χ0v) is 14.4. The van der Waals surface area contributed by atoms with Crippen LogP contribution in [0, 0.1) is 11.7 Å². The van der Waals surface area contributed by atoms with E-state index in [4.69, 9.17) is 0 Å². The lowest BCUT2D eigenvalue weighted by Crippen LogP contribution is -2.38. The average molecular weight is 328 g/mol. The van der Waals surface area contributed by atoms with Crippen molar-refractivity contribution in [2.75, 3.05) is 6.54 Å². The maximum atomic E-state index is 13.1. The molecule has 128 valence electrons. The third kappa shape index (κ3) is 5.17. The van der Waals surface area contributed by atoms with Crippen molar-refractivity contribution in [1.82, 2.24) is 10.6 Å². The summed E-state index contributed by atoms with van der Waals surface area (Å²) in [6.07, 6.45) is 0. The maximum Gasteiger partial charge on any atom is 0.234 e. The number of benzene rings is 2. The highest BCUT2D eigenvalue weighted by Crippen LogP contribution is 2.21. The molecule has 0 fully saturated rings. The van der Waals surface area contributed by atoms with Crippen LogP contribution in [0.4, 0.5) is 4.39 Å². The molecule has 0 bridgehead atoms. The largest absolute Gasteiger partial charge is 0.348 e. The molecule has 2 aromatic rings. The van der Waals surface area contributed by atoms with Crippen LogP contribution >= 0.6 is 0 Å². The molecular weight excluding hydrogens is 303 g/mol. The van der Waals surface area contributed by atoms with E-state index in [0.29, 0.717) is 0 Å². The minimum absolute atomic E-state index is 0.00313. The zero-order valence-electron chi connectivity index (χ0n) is 14.4. The van der Waals surface area contributed by atoms with Gasteiger partial charge >= 0.3 is 0 Å². The SMILES string of the molecule is CC(C)[C@@H](NCC(=O)N[C@@H](C)c1ccccc1)c1ccc(F)cc1. The van der Waals surface area contributed by atoms with Crippen molar-refractivity contribution < 1.29 is 9.18 Å². The van der Waals surface area contributed by atoms with Gasteiger partial charge in [-0.1, -0.05) is 56.3 Å². The van der Waals surface area contributed by atoms with Gasteiger partial charge in [-0.25, -0.2) is 4.39 Å². The number of amides is 1. The molecule has 3 nitrogen and oxygen atoms in total. The summed E-state index contributed by atoms with van der Waals surface area (Å²) in [6.45, 7) is 6.33. The molecule has 2 rings (SSSR count). The van der Waals surface area contributed by atoms with Gasteiger partial charge in [0.15, 0.2) is 0 Å². The molecule has 2 aromatic carbocycles. The number of carbonyl (C=O) groups is 1. The van der Waals surface area contributed by atoms with Crippen molar-refractivity contribution in [2.24, 2.45) is 5.92 Å². The van der Waals surface area contributed by atoms with Crippen molar-refractivity contribution in [1.29, 1.82) is 0 Å². The summed E-state index contributed by atoms with van der Waals surface area (Å²) >= 11 is 0. The van der Waals surface area contributed by atoms with Crippen LogP contribution in [-0.4, -0.2) is 12.5 Å². The molecule has 0 unspecified atom stereocenters. The minimum atomic E-state index is -0.254. The molecule has 24 heavy (non-hydrogen) atoms. The second-order valence-electron chi connectivity index (χ2n) is 6.35. The van der Waals surface area contributed by atoms with E-state index < -0.39 is 0 Å². The van der Waals surface area contributed by atoms with Crippen LogP contribution in [-0.2, 0) is 4.79 Å². The molecule has 0 aliphatic rings. The molecule has 4 heteroatoms. The van der Waals surface area contributed by atoms with Gasteiger partial charge in [0, 0.05) is 6.04 Å². The van der Waals surface area contributed by atoms with Crippen molar-refractivity contribution in [2.45, 2.75) is 32.9 Å². The van der Waals surface area contributed by atoms with E-state index in [1.54, 1.807) is 12.1 Å². The molecule has 0 aromatic heterocycles. The zero-order chi connectivity index (χ0) is 17.5. The van der Waals surface area contributed by atoms with Crippen LogP contribution in [0.1, 0.15) is 44.0 Å². The Bertz CT molecular complexity index is 640. The Morgan fingerprint density at radius 3 is 2.17 bits per heavy atom. The van der Waals surface area contributed by atoms with E-state index in [1.807, 2.05) is 37.3 Å². The number of hydrogen-bond donors (Lipinski definition) is 2. The summed E-state index contributed by atoms with van der Waals surface area (Å²) in [4.78, 5) is 12.2. The first-order valence-electron chi connectivity index (χ1n) is 8.30. The summed E-state index contributed by atoms with van der Waals surface area (Å²) in [6, 6.07) is 16.2. The van der Waals surface area contributed by atoms with E-state index in [1.165, 1.54) is 12.1 Å². The Morgan fingerprint density at radius 2 is 1.58 bits per heavy atom. The van der Waals surface area contributed by atoms with Gasteiger partial charge in [0.1, 0.15) is 5.82 Å². The predicted octanol–water partition coefficient (Wildman–Crippen LogP) is 3.99. The van der Waals surface area contributed by atoms with E-state index >= 15 is 0 Å². The van der Waals surface area contributed by atoms with Gasteiger partial charge in [0.05, 0.1) is 12.6 Å². The first kappa shape index (κ1) is 18.1. The van der Waals surface area contributed by atoms with Crippen LogP contribution in [0.3, 0.4) is 0 Å². The van der Waals surface area contributed by atoms with Gasteiger partial charge in [-0.2, -0.15) is 0 Å². The second-order valence-corrected chi connectivity index (χ2v) is 6.35.